The van der Waals surface area contributed by atoms with Crippen molar-refractivity contribution in [1.82, 2.24) is 5.32 Å². The second kappa shape index (κ2) is 6.23. The Morgan fingerprint density at radius 1 is 0.895 bits per heavy atom. The van der Waals surface area contributed by atoms with Crippen molar-refractivity contribution in [2.45, 2.75) is 32.9 Å². The molecular weight excluding hydrogens is 254 g/mol. The van der Waals surface area contributed by atoms with Crippen LogP contribution in [0.25, 0.3) is 0 Å². The zero-order chi connectivity index (χ0) is 13.8. The van der Waals surface area contributed by atoms with Crippen LogP contribution in [0.3, 0.4) is 0 Å². The number of benzene rings is 2. The topological polar surface area (TPSA) is 12.0 Å². The van der Waals surface area contributed by atoms with Crippen LogP contribution in [-0.2, 0) is 0 Å². The van der Waals surface area contributed by atoms with Crippen LogP contribution in [0.15, 0.2) is 48.5 Å². The van der Waals surface area contributed by atoms with Crippen molar-refractivity contribution in [3.63, 3.8) is 0 Å². The lowest BCUT2D eigenvalue weighted by Gasteiger charge is -2.21. The third-order valence-corrected chi connectivity index (χ3v) is 3.66. The van der Waals surface area contributed by atoms with E-state index in [-0.39, 0.29) is 0 Å². The third kappa shape index (κ3) is 3.82. The van der Waals surface area contributed by atoms with Crippen LogP contribution in [0.1, 0.15) is 42.6 Å². The van der Waals surface area contributed by atoms with Crippen LogP contribution >= 0.6 is 11.6 Å². The van der Waals surface area contributed by atoms with Gasteiger partial charge in [0.15, 0.2) is 0 Å². The highest BCUT2D eigenvalue weighted by Crippen LogP contribution is 2.21. The molecule has 0 aliphatic rings. The van der Waals surface area contributed by atoms with Gasteiger partial charge in [-0.3, -0.25) is 0 Å². The maximum Gasteiger partial charge on any atom is 0.0406 e. The molecular formula is C17H20ClN. The standard InChI is InChI=1S/C17H20ClN/c1-12-5-4-6-16(11-12)14(3)19-13(2)15-7-9-17(18)10-8-15/h4-11,13-14,19H,1-3H3/t13?,14-/m0/s1. The number of aryl methyl sites for hydroxylation is 1. The molecule has 1 N–H and O–H groups in total. The molecule has 0 saturated heterocycles. The number of nitrogens with one attached hydrogen (secondary N) is 1. The van der Waals surface area contributed by atoms with Gasteiger partial charge in [0.05, 0.1) is 0 Å². The highest BCUT2D eigenvalue weighted by Gasteiger charge is 2.11. The minimum absolute atomic E-state index is 0.299. The first-order valence-electron chi connectivity index (χ1n) is 6.64. The van der Waals surface area contributed by atoms with Gasteiger partial charge in [-0.15, -0.1) is 0 Å². The molecule has 19 heavy (non-hydrogen) atoms. The Morgan fingerprint density at radius 3 is 2.16 bits per heavy atom. The van der Waals surface area contributed by atoms with Gasteiger partial charge >= 0.3 is 0 Å². The molecule has 0 bridgehead atoms. The summed E-state index contributed by atoms with van der Waals surface area (Å²) in [5.74, 6) is 0. The summed E-state index contributed by atoms with van der Waals surface area (Å²) in [4.78, 5) is 0. The van der Waals surface area contributed by atoms with Gasteiger partial charge < -0.3 is 5.32 Å². The van der Waals surface area contributed by atoms with Crippen molar-refractivity contribution in [2.24, 2.45) is 0 Å². The fourth-order valence-corrected chi connectivity index (χ4v) is 2.38. The van der Waals surface area contributed by atoms with Crippen LogP contribution in [-0.4, -0.2) is 0 Å². The van der Waals surface area contributed by atoms with Gasteiger partial charge in [0, 0.05) is 17.1 Å². The van der Waals surface area contributed by atoms with Gasteiger partial charge in [0.25, 0.3) is 0 Å². The zero-order valence-corrected chi connectivity index (χ0v) is 12.4. The Balaban J connectivity index is 2.06. The van der Waals surface area contributed by atoms with Crippen molar-refractivity contribution >= 4 is 11.6 Å². The van der Waals surface area contributed by atoms with Gasteiger partial charge in [-0.2, -0.15) is 0 Å². The SMILES string of the molecule is Cc1cccc([C@H](C)NC(C)c2ccc(Cl)cc2)c1. The lowest BCUT2D eigenvalue weighted by molar-refractivity contribution is 0.494. The van der Waals surface area contributed by atoms with Gasteiger partial charge in [0.1, 0.15) is 0 Å². The van der Waals surface area contributed by atoms with Crippen molar-refractivity contribution in [1.29, 1.82) is 0 Å². The molecule has 0 spiro atoms. The van der Waals surface area contributed by atoms with Crippen molar-refractivity contribution in [3.8, 4) is 0 Å². The average molecular weight is 274 g/mol. The highest BCUT2D eigenvalue weighted by atomic mass is 35.5. The van der Waals surface area contributed by atoms with E-state index in [2.05, 4.69) is 62.5 Å². The number of rotatable bonds is 4. The minimum Gasteiger partial charge on any atom is -0.304 e. The molecule has 0 heterocycles. The van der Waals surface area contributed by atoms with Crippen LogP contribution in [0.4, 0.5) is 0 Å². The molecule has 2 aromatic rings. The van der Waals surface area contributed by atoms with E-state index in [0.29, 0.717) is 12.1 Å². The fraction of sp³-hybridized carbons (Fsp3) is 0.294. The Hall–Kier alpha value is -1.31. The first kappa shape index (κ1) is 14.1. The monoisotopic (exact) mass is 273 g/mol. The number of halogens is 1. The Morgan fingerprint density at radius 2 is 1.53 bits per heavy atom. The lowest BCUT2D eigenvalue weighted by Crippen LogP contribution is -2.22. The second-order valence-electron chi connectivity index (χ2n) is 5.08. The van der Waals surface area contributed by atoms with Crippen LogP contribution < -0.4 is 5.32 Å². The number of hydrogen-bond acceptors (Lipinski definition) is 1. The second-order valence-corrected chi connectivity index (χ2v) is 5.51. The molecule has 0 amide bonds. The summed E-state index contributed by atoms with van der Waals surface area (Å²) in [6.07, 6.45) is 0. The summed E-state index contributed by atoms with van der Waals surface area (Å²) >= 11 is 5.91. The largest absolute Gasteiger partial charge is 0.304 e. The molecule has 1 nitrogen and oxygen atoms in total. The van der Waals surface area contributed by atoms with E-state index in [1.165, 1.54) is 16.7 Å². The molecule has 0 aliphatic heterocycles. The average Bonchev–Trinajstić information content (AvgIpc) is 2.39. The summed E-state index contributed by atoms with van der Waals surface area (Å²) < 4.78 is 0. The molecule has 0 fully saturated rings. The van der Waals surface area contributed by atoms with E-state index in [9.17, 15) is 0 Å². The highest BCUT2D eigenvalue weighted by molar-refractivity contribution is 6.30. The van der Waals surface area contributed by atoms with Gasteiger partial charge in [0.2, 0.25) is 0 Å². The van der Waals surface area contributed by atoms with Crippen molar-refractivity contribution in [3.05, 3.63) is 70.2 Å². The summed E-state index contributed by atoms with van der Waals surface area (Å²) in [6, 6.07) is 17.3. The quantitative estimate of drug-likeness (QED) is 0.821. The predicted octanol–water partition coefficient (Wildman–Crippen LogP) is 5.06. The lowest BCUT2D eigenvalue weighted by atomic mass is 10.0. The Bertz CT molecular complexity index is 533. The number of hydrogen-bond donors (Lipinski definition) is 1. The maximum atomic E-state index is 5.91. The first-order valence-corrected chi connectivity index (χ1v) is 7.02. The molecule has 2 heteroatoms. The molecule has 0 aliphatic carbocycles. The molecule has 2 rings (SSSR count). The summed E-state index contributed by atoms with van der Waals surface area (Å²) in [5, 5.41) is 4.40. The molecule has 100 valence electrons. The Labute approximate surface area is 120 Å². The van der Waals surface area contributed by atoms with E-state index in [4.69, 9.17) is 11.6 Å². The van der Waals surface area contributed by atoms with Crippen LogP contribution in [0.2, 0.25) is 5.02 Å². The normalized spacial score (nSPS) is 14.1. The third-order valence-electron chi connectivity index (χ3n) is 3.41. The van der Waals surface area contributed by atoms with Crippen LogP contribution in [0, 0.1) is 6.92 Å². The molecule has 0 saturated carbocycles. The summed E-state index contributed by atoms with van der Waals surface area (Å²) in [5.41, 5.74) is 3.87. The van der Waals surface area contributed by atoms with E-state index in [0.717, 1.165) is 5.02 Å². The smallest absolute Gasteiger partial charge is 0.0406 e. The molecule has 0 aromatic heterocycles. The van der Waals surface area contributed by atoms with Crippen molar-refractivity contribution in [2.75, 3.05) is 0 Å². The van der Waals surface area contributed by atoms with Crippen molar-refractivity contribution < 1.29 is 0 Å². The van der Waals surface area contributed by atoms with Gasteiger partial charge in [-0.1, -0.05) is 53.6 Å². The molecule has 1 unspecified atom stereocenters. The predicted molar refractivity (Wildman–Crippen MR) is 82.6 cm³/mol. The van der Waals surface area contributed by atoms with Gasteiger partial charge in [-0.25, -0.2) is 0 Å². The summed E-state index contributed by atoms with van der Waals surface area (Å²) in [6.45, 7) is 6.50. The molecule has 2 atom stereocenters. The first-order chi connectivity index (χ1) is 9.06. The Kier molecular flexibility index (Phi) is 4.62. The summed E-state index contributed by atoms with van der Waals surface area (Å²) in [7, 11) is 0. The van der Waals surface area contributed by atoms with E-state index in [1.54, 1.807) is 0 Å². The van der Waals surface area contributed by atoms with E-state index < -0.39 is 0 Å². The molecule has 0 radical (unpaired) electrons. The minimum atomic E-state index is 0.299. The maximum absolute atomic E-state index is 5.91. The zero-order valence-electron chi connectivity index (χ0n) is 11.7. The molecule has 2 aromatic carbocycles. The van der Waals surface area contributed by atoms with Crippen LogP contribution in [0.5, 0.6) is 0 Å². The fourth-order valence-electron chi connectivity index (χ4n) is 2.26. The van der Waals surface area contributed by atoms with Gasteiger partial charge in [-0.05, 0) is 44.0 Å². The van der Waals surface area contributed by atoms with E-state index in [1.807, 2.05) is 12.1 Å². The van der Waals surface area contributed by atoms with E-state index >= 15 is 0 Å².